The van der Waals surface area contributed by atoms with Crippen molar-refractivity contribution in [3.05, 3.63) is 52.1 Å². The molecule has 0 aliphatic carbocycles. The first-order valence-corrected chi connectivity index (χ1v) is 5.00. The molecule has 0 spiro atoms. The highest BCUT2D eigenvalue weighted by Gasteiger charge is 2.15. The first-order chi connectivity index (χ1) is 7.74. The largest absolute Gasteiger partial charge is 0.396 e. The van der Waals surface area contributed by atoms with Gasteiger partial charge in [0.25, 0.3) is 5.69 Å². The lowest BCUT2D eigenvalue weighted by Crippen LogP contribution is -1.99. The zero-order valence-electron chi connectivity index (χ0n) is 8.59. The summed E-state index contributed by atoms with van der Waals surface area (Å²) in [4.78, 5) is 10.5. The third-order valence-corrected chi connectivity index (χ3v) is 2.57. The highest BCUT2D eigenvalue weighted by molar-refractivity contribution is 5.88. The lowest BCUT2D eigenvalue weighted by Gasteiger charge is -2.05. The Morgan fingerprint density at radius 2 is 1.94 bits per heavy atom. The third-order valence-electron chi connectivity index (χ3n) is 2.57. The van der Waals surface area contributed by atoms with E-state index in [4.69, 9.17) is 5.11 Å². The normalized spacial score (nSPS) is 10.6. The van der Waals surface area contributed by atoms with E-state index in [2.05, 4.69) is 0 Å². The van der Waals surface area contributed by atoms with Crippen LogP contribution in [0.15, 0.2) is 36.4 Å². The van der Waals surface area contributed by atoms with Crippen LogP contribution in [0.4, 0.5) is 5.69 Å². The van der Waals surface area contributed by atoms with Gasteiger partial charge in [-0.15, -0.1) is 0 Å². The minimum Gasteiger partial charge on any atom is -0.396 e. The summed E-state index contributed by atoms with van der Waals surface area (Å²) >= 11 is 0. The van der Waals surface area contributed by atoms with Crippen molar-refractivity contribution in [3.63, 3.8) is 0 Å². The molecule has 2 aromatic carbocycles. The fourth-order valence-electron chi connectivity index (χ4n) is 1.87. The van der Waals surface area contributed by atoms with Crippen LogP contribution in [0, 0.1) is 10.1 Å². The van der Waals surface area contributed by atoms with Gasteiger partial charge in [0.05, 0.1) is 4.92 Å². The molecule has 82 valence electrons. The van der Waals surface area contributed by atoms with Gasteiger partial charge in [-0.25, -0.2) is 0 Å². The molecule has 4 heteroatoms. The molecule has 0 amide bonds. The number of aliphatic hydroxyl groups excluding tert-OH is 1. The molecule has 0 saturated heterocycles. The Hall–Kier alpha value is -1.94. The molecule has 0 saturated carbocycles. The second-order valence-corrected chi connectivity index (χ2v) is 3.52. The Balaban J connectivity index is 2.73. The second-order valence-electron chi connectivity index (χ2n) is 3.52. The minimum absolute atomic E-state index is 0.0766. The van der Waals surface area contributed by atoms with E-state index < -0.39 is 4.92 Å². The Labute approximate surface area is 92.3 Å². The third kappa shape index (κ3) is 1.75. The van der Waals surface area contributed by atoms with Crippen molar-refractivity contribution in [3.8, 4) is 0 Å². The SMILES string of the molecule is O=[N+]([O-])c1ccc2ccccc2c1CCO. The molecule has 0 aromatic heterocycles. The molecule has 0 atom stereocenters. The van der Waals surface area contributed by atoms with Gasteiger partial charge in [-0.2, -0.15) is 0 Å². The van der Waals surface area contributed by atoms with Crippen LogP contribution in [-0.2, 0) is 6.42 Å². The smallest absolute Gasteiger partial charge is 0.273 e. The number of fused-ring (bicyclic) bond motifs is 1. The standard InChI is InChI=1S/C12H11NO3/c14-8-7-11-10-4-2-1-3-9(10)5-6-12(11)13(15)16/h1-6,14H,7-8H2. The van der Waals surface area contributed by atoms with Crippen molar-refractivity contribution >= 4 is 16.5 Å². The van der Waals surface area contributed by atoms with Gasteiger partial charge in [0.15, 0.2) is 0 Å². The Kier molecular flexibility index (Phi) is 2.83. The van der Waals surface area contributed by atoms with Crippen LogP contribution in [0.2, 0.25) is 0 Å². The van der Waals surface area contributed by atoms with Gasteiger partial charge < -0.3 is 5.11 Å². The van der Waals surface area contributed by atoms with Crippen LogP contribution >= 0.6 is 0 Å². The number of nitro groups is 1. The zero-order chi connectivity index (χ0) is 11.5. The second kappa shape index (κ2) is 4.28. The van der Waals surface area contributed by atoms with Crippen molar-refractivity contribution in [2.75, 3.05) is 6.61 Å². The highest BCUT2D eigenvalue weighted by atomic mass is 16.6. The van der Waals surface area contributed by atoms with Gasteiger partial charge in [0.1, 0.15) is 0 Å². The van der Waals surface area contributed by atoms with E-state index in [1.165, 1.54) is 6.07 Å². The van der Waals surface area contributed by atoms with E-state index in [0.29, 0.717) is 12.0 Å². The van der Waals surface area contributed by atoms with E-state index in [0.717, 1.165) is 10.8 Å². The summed E-state index contributed by atoms with van der Waals surface area (Å²) in [5.41, 5.74) is 0.679. The predicted octanol–water partition coefficient (Wildman–Crippen LogP) is 2.28. The molecular formula is C12H11NO3. The highest BCUT2D eigenvalue weighted by Crippen LogP contribution is 2.27. The van der Waals surface area contributed by atoms with Crippen LogP contribution in [0.5, 0.6) is 0 Å². The average molecular weight is 217 g/mol. The van der Waals surface area contributed by atoms with E-state index in [9.17, 15) is 10.1 Å². The molecule has 0 aliphatic heterocycles. The molecule has 0 aliphatic rings. The summed E-state index contributed by atoms with van der Waals surface area (Å²) in [6, 6.07) is 10.7. The van der Waals surface area contributed by atoms with Gasteiger partial charge in [-0.1, -0.05) is 24.3 Å². The lowest BCUT2D eigenvalue weighted by molar-refractivity contribution is -0.385. The maximum atomic E-state index is 10.9. The topological polar surface area (TPSA) is 63.4 Å². The molecule has 2 rings (SSSR count). The van der Waals surface area contributed by atoms with Crippen LogP contribution in [0.1, 0.15) is 5.56 Å². The molecular weight excluding hydrogens is 206 g/mol. The van der Waals surface area contributed by atoms with Crippen molar-refractivity contribution < 1.29 is 10.0 Å². The number of rotatable bonds is 3. The molecule has 4 nitrogen and oxygen atoms in total. The van der Waals surface area contributed by atoms with E-state index >= 15 is 0 Å². The first-order valence-electron chi connectivity index (χ1n) is 5.00. The summed E-state index contributed by atoms with van der Waals surface area (Å²) in [7, 11) is 0. The molecule has 0 fully saturated rings. The maximum Gasteiger partial charge on any atom is 0.273 e. The van der Waals surface area contributed by atoms with Crippen LogP contribution < -0.4 is 0 Å². The Morgan fingerprint density at radius 1 is 1.19 bits per heavy atom. The summed E-state index contributed by atoms with van der Waals surface area (Å²) < 4.78 is 0. The van der Waals surface area contributed by atoms with Crippen molar-refractivity contribution in [1.82, 2.24) is 0 Å². The number of hydrogen-bond acceptors (Lipinski definition) is 3. The zero-order valence-corrected chi connectivity index (χ0v) is 8.59. The molecule has 1 N–H and O–H groups in total. The number of aliphatic hydroxyl groups is 1. The Morgan fingerprint density at radius 3 is 2.62 bits per heavy atom. The van der Waals surface area contributed by atoms with Gasteiger partial charge in [0, 0.05) is 24.7 Å². The monoisotopic (exact) mass is 217 g/mol. The molecule has 0 radical (unpaired) electrons. The van der Waals surface area contributed by atoms with Gasteiger partial charge in [-0.3, -0.25) is 10.1 Å². The molecule has 2 aromatic rings. The number of nitrogens with zero attached hydrogens (tertiary/aromatic N) is 1. The summed E-state index contributed by atoms with van der Waals surface area (Å²) in [6.45, 7) is -0.0884. The maximum absolute atomic E-state index is 10.9. The molecule has 0 bridgehead atoms. The van der Waals surface area contributed by atoms with Crippen molar-refractivity contribution in [2.24, 2.45) is 0 Å². The van der Waals surface area contributed by atoms with E-state index in [1.807, 2.05) is 24.3 Å². The van der Waals surface area contributed by atoms with Crippen molar-refractivity contribution in [2.45, 2.75) is 6.42 Å². The van der Waals surface area contributed by atoms with Crippen LogP contribution in [0.25, 0.3) is 10.8 Å². The quantitative estimate of drug-likeness (QED) is 0.633. The summed E-state index contributed by atoms with van der Waals surface area (Å²) in [6.07, 6.45) is 0.303. The molecule has 0 heterocycles. The fourth-order valence-corrected chi connectivity index (χ4v) is 1.87. The lowest BCUT2D eigenvalue weighted by atomic mass is 10.0. The summed E-state index contributed by atoms with van der Waals surface area (Å²) in [5.74, 6) is 0. The minimum atomic E-state index is -0.405. The molecule has 0 unspecified atom stereocenters. The van der Waals surface area contributed by atoms with Gasteiger partial charge in [-0.05, 0) is 16.8 Å². The number of benzene rings is 2. The number of nitro benzene ring substituents is 1. The Bertz CT molecular complexity index is 537. The number of hydrogen-bond donors (Lipinski definition) is 1. The van der Waals surface area contributed by atoms with Crippen LogP contribution in [0.3, 0.4) is 0 Å². The van der Waals surface area contributed by atoms with E-state index in [-0.39, 0.29) is 12.3 Å². The van der Waals surface area contributed by atoms with Crippen LogP contribution in [-0.4, -0.2) is 16.6 Å². The van der Waals surface area contributed by atoms with Gasteiger partial charge >= 0.3 is 0 Å². The predicted molar refractivity (Wildman–Crippen MR) is 61.4 cm³/mol. The molecule has 16 heavy (non-hydrogen) atoms. The van der Waals surface area contributed by atoms with Gasteiger partial charge in [0.2, 0.25) is 0 Å². The van der Waals surface area contributed by atoms with E-state index in [1.54, 1.807) is 6.07 Å². The summed E-state index contributed by atoms with van der Waals surface area (Å²) in [5, 5.41) is 21.6. The fraction of sp³-hybridized carbons (Fsp3) is 0.167. The average Bonchev–Trinajstić information content (AvgIpc) is 2.29. The van der Waals surface area contributed by atoms with Crippen molar-refractivity contribution in [1.29, 1.82) is 0 Å². The first kappa shape index (κ1) is 10.6.